The van der Waals surface area contributed by atoms with Crippen LogP contribution in [0.4, 0.5) is 0 Å². The summed E-state index contributed by atoms with van der Waals surface area (Å²) in [6.45, 7) is 0. The molecule has 3 nitrogen and oxygen atoms in total. The summed E-state index contributed by atoms with van der Waals surface area (Å²) in [6.07, 6.45) is 7.05. The summed E-state index contributed by atoms with van der Waals surface area (Å²) in [6, 6.07) is 8.43. The van der Waals surface area contributed by atoms with Gasteiger partial charge in [0, 0.05) is 12.3 Å². The van der Waals surface area contributed by atoms with Crippen LogP contribution in [0.1, 0.15) is 42.9 Å². The van der Waals surface area contributed by atoms with Gasteiger partial charge in [-0.25, -0.2) is 4.68 Å². The lowest BCUT2D eigenvalue weighted by Crippen LogP contribution is -2.10. The van der Waals surface area contributed by atoms with Crippen LogP contribution in [0.2, 0.25) is 0 Å². The monoisotopic (exact) mass is 332 g/mol. The summed E-state index contributed by atoms with van der Waals surface area (Å²) in [4.78, 5) is 0. The fourth-order valence-electron chi connectivity index (χ4n) is 2.72. The molecule has 0 amide bonds. The molecule has 0 radical (unpaired) electrons. The molecule has 104 valence electrons. The number of hydrogen-bond acceptors (Lipinski definition) is 2. The molecule has 2 saturated carbocycles. The van der Waals surface area contributed by atoms with E-state index in [1.807, 2.05) is 10.9 Å². The highest BCUT2D eigenvalue weighted by Crippen LogP contribution is 2.44. The van der Waals surface area contributed by atoms with Crippen molar-refractivity contribution >= 4 is 15.9 Å². The highest BCUT2D eigenvalue weighted by molar-refractivity contribution is 9.10. The molecule has 1 N–H and O–H groups in total. The summed E-state index contributed by atoms with van der Waals surface area (Å²) in [5.74, 6) is 0.652. The second kappa shape index (κ2) is 4.43. The Morgan fingerprint density at radius 1 is 1.25 bits per heavy atom. The van der Waals surface area contributed by atoms with Crippen molar-refractivity contribution in [1.29, 1.82) is 0 Å². The predicted molar refractivity (Wildman–Crippen MR) is 81.1 cm³/mol. The van der Waals surface area contributed by atoms with Crippen LogP contribution in [0.5, 0.6) is 0 Å². The average molecular weight is 333 g/mol. The number of hydrogen-bond donors (Lipinski definition) is 1. The largest absolute Gasteiger partial charge is 0.390 e. The van der Waals surface area contributed by atoms with Crippen molar-refractivity contribution in [2.45, 2.75) is 43.6 Å². The third-order valence-electron chi connectivity index (χ3n) is 4.26. The molecule has 20 heavy (non-hydrogen) atoms. The van der Waals surface area contributed by atoms with E-state index in [4.69, 9.17) is 0 Å². The number of rotatable bonds is 4. The lowest BCUT2D eigenvalue weighted by atomic mass is 10.1. The molecule has 0 spiro atoms. The third-order valence-corrected chi connectivity index (χ3v) is 4.88. The lowest BCUT2D eigenvalue weighted by Gasteiger charge is -2.10. The fraction of sp³-hybridized carbons (Fsp3) is 0.438. The topological polar surface area (TPSA) is 38.0 Å². The van der Waals surface area contributed by atoms with E-state index in [-0.39, 0.29) is 0 Å². The highest BCUT2D eigenvalue weighted by Gasteiger charge is 2.40. The molecule has 0 atom stereocenters. The van der Waals surface area contributed by atoms with Crippen molar-refractivity contribution < 1.29 is 5.11 Å². The molecule has 0 bridgehead atoms. The summed E-state index contributed by atoms with van der Waals surface area (Å²) in [7, 11) is 0. The van der Waals surface area contributed by atoms with E-state index in [1.54, 1.807) is 0 Å². The molecule has 1 aromatic carbocycles. The second-order valence-corrected chi connectivity index (χ2v) is 6.99. The molecule has 2 aromatic rings. The first-order chi connectivity index (χ1) is 9.65. The minimum absolute atomic E-state index is 0.421. The van der Waals surface area contributed by atoms with Gasteiger partial charge in [0.05, 0.1) is 27.7 Å². The Balaban J connectivity index is 1.62. The molecular weight excluding hydrogens is 316 g/mol. The Morgan fingerprint density at radius 3 is 2.55 bits per heavy atom. The van der Waals surface area contributed by atoms with Crippen LogP contribution in [0.3, 0.4) is 0 Å². The smallest absolute Gasteiger partial charge is 0.0690 e. The standard InChI is InChI=1S/C16H17BrN2O/c17-14-10-18-19(15(14)12-3-4-12)13-5-1-11(2-6-13)9-16(20)7-8-16/h1-2,5-6,10,12,20H,3-4,7-9H2. The Hall–Kier alpha value is -1.13. The molecule has 4 rings (SSSR count). The number of halogens is 1. The van der Waals surface area contributed by atoms with Gasteiger partial charge in [-0.2, -0.15) is 5.10 Å². The molecule has 2 aliphatic carbocycles. The van der Waals surface area contributed by atoms with Crippen LogP contribution in [0.25, 0.3) is 5.69 Å². The maximum atomic E-state index is 9.97. The average Bonchev–Trinajstić information content (AvgIpc) is 3.35. The first kappa shape index (κ1) is 12.6. The number of nitrogens with zero attached hydrogens (tertiary/aromatic N) is 2. The van der Waals surface area contributed by atoms with Crippen molar-refractivity contribution in [3.05, 3.63) is 46.2 Å². The van der Waals surface area contributed by atoms with E-state index in [1.165, 1.54) is 24.1 Å². The number of benzene rings is 1. The van der Waals surface area contributed by atoms with E-state index in [0.29, 0.717) is 5.92 Å². The summed E-state index contributed by atoms with van der Waals surface area (Å²) in [5, 5.41) is 14.5. The molecule has 1 heterocycles. The van der Waals surface area contributed by atoms with E-state index >= 15 is 0 Å². The van der Waals surface area contributed by atoms with Gasteiger partial charge in [-0.3, -0.25) is 0 Å². The van der Waals surface area contributed by atoms with Crippen molar-refractivity contribution in [1.82, 2.24) is 9.78 Å². The van der Waals surface area contributed by atoms with Crippen molar-refractivity contribution in [3.63, 3.8) is 0 Å². The first-order valence-electron chi connectivity index (χ1n) is 7.20. The van der Waals surface area contributed by atoms with Gasteiger partial charge >= 0.3 is 0 Å². The second-order valence-electron chi connectivity index (χ2n) is 6.13. The van der Waals surface area contributed by atoms with Gasteiger partial charge in [0.15, 0.2) is 0 Å². The molecule has 4 heteroatoms. The zero-order valence-electron chi connectivity index (χ0n) is 11.2. The number of aromatic nitrogens is 2. The van der Waals surface area contributed by atoms with E-state index < -0.39 is 5.60 Å². The third kappa shape index (κ3) is 2.31. The van der Waals surface area contributed by atoms with Gasteiger partial charge in [0.25, 0.3) is 0 Å². The maximum Gasteiger partial charge on any atom is 0.0690 e. The molecule has 0 saturated heterocycles. The van der Waals surface area contributed by atoms with Crippen LogP contribution in [-0.2, 0) is 6.42 Å². The summed E-state index contributed by atoms with van der Waals surface area (Å²) in [5.41, 5.74) is 3.17. The van der Waals surface area contributed by atoms with Crippen molar-refractivity contribution in [2.75, 3.05) is 0 Å². The van der Waals surface area contributed by atoms with E-state index in [9.17, 15) is 5.11 Å². The van der Waals surface area contributed by atoms with Crippen LogP contribution in [0.15, 0.2) is 34.9 Å². The Labute approximate surface area is 126 Å². The SMILES string of the molecule is OC1(Cc2ccc(-n3ncc(Br)c3C3CC3)cc2)CC1. The normalized spacial score (nSPS) is 20.1. The lowest BCUT2D eigenvalue weighted by molar-refractivity contribution is 0.151. The first-order valence-corrected chi connectivity index (χ1v) is 7.99. The van der Waals surface area contributed by atoms with Gasteiger partial charge < -0.3 is 5.11 Å². The van der Waals surface area contributed by atoms with Crippen molar-refractivity contribution in [3.8, 4) is 5.69 Å². The molecular formula is C16H17BrN2O. The van der Waals surface area contributed by atoms with Gasteiger partial charge in [-0.1, -0.05) is 12.1 Å². The molecule has 2 fully saturated rings. The maximum absolute atomic E-state index is 9.97. The fourth-order valence-corrected chi connectivity index (χ4v) is 3.31. The van der Waals surface area contributed by atoms with Crippen LogP contribution in [0, 0.1) is 0 Å². The molecule has 0 unspecified atom stereocenters. The minimum Gasteiger partial charge on any atom is -0.390 e. The van der Waals surface area contributed by atoms with Crippen LogP contribution in [-0.4, -0.2) is 20.5 Å². The predicted octanol–water partition coefficient (Wildman–Crippen LogP) is 3.58. The van der Waals surface area contributed by atoms with Crippen LogP contribution < -0.4 is 0 Å². The summed E-state index contributed by atoms with van der Waals surface area (Å²) < 4.78 is 3.15. The Morgan fingerprint density at radius 2 is 1.95 bits per heavy atom. The minimum atomic E-state index is -0.421. The van der Waals surface area contributed by atoms with Gasteiger partial charge in [-0.05, 0) is 59.3 Å². The molecule has 0 aliphatic heterocycles. The quantitative estimate of drug-likeness (QED) is 0.929. The number of aliphatic hydroxyl groups is 1. The van der Waals surface area contributed by atoms with Crippen LogP contribution >= 0.6 is 15.9 Å². The summed E-state index contributed by atoms with van der Waals surface area (Å²) >= 11 is 3.60. The zero-order valence-corrected chi connectivity index (χ0v) is 12.8. The Kier molecular flexibility index (Phi) is 2.79. The molecule has 1 aromatic heterocycles. The zero-order chi connectivity index (χ0) is 13.7. The highest BCUT2D eigenvalue weighted by atomic mass is 79.9. The van der Waals surface area contributed by atoms with Gasteiger partial charge in [0.1, 0.15) is 0 Å². The van der Waals surface area contributed by atoms with Gasteiger partial charge in [-0.15, -0.1) is 0 Å². The van der Waals surface area contributed by atoms with E-state index in [2.05, 4.69) is 45.3 Å². The van der Waals surface area contributed by atoms with Gasteiger partial charge in [0.2, 0.25) is 0 Å². The van der Waals surface area contributed by atoms with Crippen molar-refractivity contribution in [2.24, 2.45) is 0 Å². The Bertz CT molecular complexity index is 639. The molecule has 2 aliphatic rings. The van der Waals surface area contributed by atoms with E-state index in [0.717, 1.165) is 29.4 Å².